The smallest absolute Gasteiger partial charge is 0.338 e. The van der Waals surface area contributed by atoms with E-state index in [1.54, 1.807) is 0 Å². The summed E-state index contributed by atoms with van der Waals surface area (Å²) in [4.78, 5) is 13.4. The van der Waals surface area contributed by atoms with Gasteiger partial charge in [-0.15, -0.1) is 0 Å². The SMILES string of the molecule is C[C@]1(COCc2ccccc2)CCC[C@]2(C)[C@@H]1[C@@H](OC(=O)c1ccccc1)C[C@@H]1C[C@H]3C[C@]12CC[C@]3(C)O. The molecule has 1 spiro atoms. The van der Waals surface area contributed by atoms with Crippen LogP contribution in [0.25, 0.3) is 0 Å². The first-order chi connectivity index (χ1) is 18.2. The fourth-order valence-corrected chi connectivity index (χ4v) is 9.83. The van der Waals surface area contributed by atoms with Gasteiger partial charge >= 0.3 is 5.97 Å². The van der Waals surface area contributed by atoms with Crippen molar-refractivity contribution in [1.29, 1.82) is 0 Å². The number of ether oxygens (including phenoxy) is 2. The summed E-state index contributed by atoms with van der Waals surface area (Å²) in [6, 6.07) is 19.9. The number of hydrogen-bond donors (Lipinski definition) is 1. The third kappa shape index (κ3) is 4.14. The summed E-state index contributed by atoms with van der Waals surface area (Å²) in [7, 11) is 0. The highest BCUT2D eigenvalue weighted by Crippen LogP contribution is 2.75. The van der Waals surface area contributed by atoms with Crippen LogP contribution in [0.4, 0.5) is 0 Å². The molecule has 2 aromatic rings. The van der Waals surface area contributed by atoms with Crippen molar-refractivity contribution in [2.75, 3.05) is 6.61 Å². The van der Waals surface area contributed by atoms with Gasteiger partial charge in [-0.05, 0) is 97.6 Å². The number of aliphatic hydroxyl groups is 1. The van der Waals surface area contributed by atoms with Gasteiger partial charge in [0.05, 0.1) is 24.4 Å². The normalized spacial score (nSPS) is 41.7. The molecule has 4 fully saturated rings. The van der Waals surface area contributed by atoms with Gasteiger partial charge in [0.2, 0.25) is 0 Å². The van der Waals surface area contributed by atoms with Crippen molar-refractivity contribution in [2.45, 2.75) is 90.4 Å². The summed E-state index contributed by atoms with van der Waals surface area (Å²) < 4.78 is 13.0. The van der Waals surface area contributed by atoms with Gasteiger partial charge < -0.3 is 14.6 Å². The van der Waals surface area contributed by atoms with E-state index in [4.69, 9.17) is 9.47 Å². The molecule has 0 heterocycles. The molecule has 4 nitrogen and oxygen atoms in total. The van der Waals surface area contributed by atoms with Crippen molar-refractivity contribution < 1.29 is 19.4 Å². The minimum absolute atomic E-state index is 0.0475. The third-order valence-electron chi connectivity index (χ3n) is 11.6. The molecule has 0 aliphatic heterocycles. The number of benzene rings is 2. The Kier molecular flexibility index (Phi) is 6.51. The van der Waals surface area contributed by atoms with Gasteiger partial charge in [-0.2, -0.15) is 0 Å². The predicted molar refractivity (Wildman–Crippen MR) is 148 cm³/mol. The summed E-state index contributed by atoms with van der Waals surface area (Å²) in [5, 5.41) is 11.3. The number of fused-ring (bicyclic) bond motifs is 2. The molecule has 38 heavy (non-hydrogen) atoms. The van der Waals surface area contributed by atoms with Crippen LogP contribution in [0.3, 0.4) is 0 Å². The van der Waals surface area contributed by atoms with Crippen molar-refractivity contribution in [3.05, 3.63) is 71.8 Å². The zero-order valence-corrected chi connectivity index (χ0v) is 23.3. The molecule has 0 amide bonds. The highest BCUT2D eigenvalue weighted by atomic mass is 16.5. The molecule has 1 N–H and O–H groups in total. The van der Waals surface area contributed by atoms with Crippen LogP contribution in [-0.2, 0) is 16.1 Å². The first kappa shape index (κ1) is 26.1. The van der Waals surface area contributed by atoms with Crippen molar-refractivity contribution in [3.8, 4) is 0 Å². The fraction of sp³-hybridized carbons (Fsp3) is 0.618. The Morgan fingerprint density at radius 1 is 0.895 bits per heavy atom. The molecule has 2 bridgehead atoms. The summed E-state index contributed by atoms with van der Waals surface area (Å²) >= 11 is 0. The lowest BCUT2D eigenvalue weighted by Crippen LogP contribution is -2.64. The summed E-state index contributed by atoms with van der Waals surface area (Å²) in [5.41, 5.74) is 1.41. The van der Waals surface area contributed by atoms with E-state index in [9.17, 15) is 9.90 Å². The standard InChI is InChI=1S/C34H44O4/c1-31(23-37-22-24-11-6-4-7-12-24)15-10-16-32(2)29(31)28(38-30(35)25-13-8-5-9-14-25)20-26-19-27-21-34(26,32)18-17-33(27,3)36/h4-9,11-14,26-29,36H,10,15-23H2,1-3H3/t26-,27-,28-,29+,31+,32+,33-,34+/m0/s1. The van der Waals surface area contributed by atoms with Crippen LogP contribution in [0.5, 0.6) is 0 Å². The topological polar surface area (TPSA) is 55.8 Å². The van der Waals surface area contributed by atoms with Crippen molar-refractivity contribution >= 4 is 5.97 Å². The molecule has 4 saturated carbocycles. The van der Waals surface area contributed by atoms with E-state index in [2.05, 4.69) is 45.0 Å². The first-order valence-electron chi connectivity index (χ1n) is 14.8. The Bertz CT molecular complexity index is 1150. The van der Waals surface area contributed by atoms with Crippen LogP contribution in [0.1, 0.15) is 88.1 Å². The van der Waals surface area contributed by atoms with Crippen LogP contribution >= 0.6 is 0 Å². The molecule has 4 aliphatic carbocycles. The molecular formula is C34H44O4. The Balaban J connectivity index is 1.34. The second-order valence-corrected chi connectivity index (χ2v) is 13.8. The highest BCUT2D eigenvalue weighted by molar-refractivity contribution is 5.89. The van der Waals surface area contributed by atoms with E-state index in [-0.39, 0.29) is 34.2 Å². The van der Waals surface area contributed by atoms with Crippen LogP contribution in [0, 0.1) is 34.0 Å². The number of hydrogen-bond acceptors (Lipinski definition) is 4. The lowest BCUT2D eigenvalue weighted by Gasteiger charge is -2.67. The highest BCUT2D eigenvalue weighted by Gasteiger charge is 2.71. The molecule has 0 unspecified atom stereocenters. The molecule has 2 aromatic carbocycles. The van der Waals surface area contributed by atoms with E-state index in [1.165, 1.54) is 12.0 Å². The Morgan fingerprint density at radius 3 is 2.34 bits per heavy atom. The van der Waals surface area contributed by atoms with Crippen LogP contribution in [0.15, 0.2) is 60.7 Å². The van der Waals surface area contributed by atoms with E-state index in [0.29, 0.717) is 30.6 Å². The van der Waals surface area contributed by atoms with E-state index in [0.717, 1.165) is 44.9 Å². The second kappa shape index (κ2) is 9.48. The van der Waals surface area contributed by atoms with Gasteiger partial charge in [-0.1, -0.05) is 68.8 Å². The Hall–Kier alpha value is -2.17. The molecule has 6 rings (SSSR count). The summed E-state index contributed by atoms with van der Waals surface area (Å²) in [5.74, 6) is 0.846. The molecule has 8 atom stereocenters. The maximum absolute atomic E-state index is 13.4. The van der Waals surface area contributed by atoms with E-state index in [1.807, 2.05) is 36.4 Å². The van der Waals surface area contributed by atoms with Crippen molar-refractivity contribution in [1.82, 2.24) is 0 Å². The van der Waals surface area contributed by atoms with E-state index < -0.39 is 5.60 Å². The maximum Gasteiger partial charge on any atom is 0.338 e. The third-order valence-corrected chi connectivity index (χ3v) is 11.6. The minimum atomic E-state index is -0.582. The zero-order chi connectivity index (χ0) is 26.6. The number of carbonyl (C=O) groups is 1. The first-order valence-corrected chi connectivity index (χ1v) is 14.8. The summed E-state index contributed by atoms with van der Waals surface area (Å²) in [6.07, 6.45) is 8.31. The monoisotopic (exact) mass is 516 g/mol. The molecule has 0 aromatic heterocycles. The molecule has 0 radical (unpaired) electrons. The largest absolute Gasteiger partial charge is 0.458 e. The Morgan fingerprint density at radius 2 is 1.61 bits per heavy atom. The molecule has 4 aliphatic rings. The molecular weight excluding hydrogens is 472 g/mol. The van der Waals surface area contributed by atoms with Gasteiger partial charge in [0.1, 0.15) is 6.10 Å². The second-order valence-electron chi connectivity index (χ2n) is 13.8. The van der Waals surface area contributed by atoms with Gasteiger partial charge in [0.25, 0.3) is 0 Å². The zero-order valence-electron chi connectivity index (χ0n) is 23.3. The summed E-state index contributed by atoms with van der Waals surface area (Å²) in [6.45, 7) is 8.24. The van der Waals surface area contributed by atoms with Gasteiger partial charge in [0, 0.05) is 5.92 Å². The number of carbonyl (C=O) groups excluding carboxylic acids is 1. The maximum atomic E-state index is 13.4. The van der Waals surface area contributed by atoms with Gasteiger partial charge in [-0.3, -0.25) is 0 Å². The van der Waals surface area contributed by atoms with E-state index >= 15 is 0 Å². The average Bonchev–Trinajstić information content (AvgIpc) is 3.25. The minimum Gasteiger partial charge on any atom is -0.458 e. The predicted octanol–water partition coefficient (Wildman–Crippen LogP) is 7.20. The van der Waals surface area contributed by atoms with Crippen molar-refractivity contribution in [2.24, 2.45) is 34.0 Å². The average molecular weight is 517 g/mol. The Labute approximate surface area is 228 Å². The lowest BCUT2D eigenvalue weighted by atomic mass is 9.39. The van der Waals surface area contributed by atoms with Crippen LogP contribution < -0.4 is 0 Å². The van der Waals surface area contributed by atoms with Gasteiger partial charge in [-0.25, -0.2) is 4.79 Å². The number of esters is 1. The van der Waals surface area contributed by atoms with Crippen LogP contribution in [-0.4, -0.2) is 29.4 Å². The van der Waals surface area contributed by atoms with Crippen LogP contribution in [0.2, 0.25) is 0 Å². The van der Waals surface area contributed by atoms with Crippen molar-refractivity contribution in [3.63, 3.8) is 0 Å². The number of rotatable bonds is 6. The quantitative estimate of drug-likeness (QED) is 0.413. The fourth-order valence-electron chi connectivity index (χ4n) is 9.83. The lowest BCUT2D eigenvalue weighted by molar-refractivity contribution is -0.224. The molecule has 204 valence electrons. The molecule has 4 heteroatoms. The molecule has 0 saturated heterocycles. The van der Waals surface area contributed by atoms with Gasteiger partial charge in [0.15, 0.2) is 0 Å².